The first kappa shape index (κ1) is 53.0. The quantitative estimate of drug-likeness (QED) is 0.0282. The van der Waals surface area contributed by atoms with E-state index in [4.69, 9.17) is 14.0 Å². The van der Waals surface area contributed by atoms with Gasteiger partial charge in [0, 0.05) is 20.0 Å². The Morgan fingerprint density at radius 2 is 0.927 bits per heavy atom. The summed E-state index contributed by atoms with van der Waals surface area (Å²) in [4.78, 5) is 34.5. The zero-order valence-electron chi connectivity index (χ0n) is 35.6. The fourth-order valence-corrected chi connectivity index (χ4v) is 6.64. The minimum Gasteiger partial charge on any atom is -0.462 e. The van der Waals surface area contributed by atoms with Crippen LogP contribution in [0.2, 0.25) is 0 Å². The lowest BCUT2D eigenvalue weighted by Gasteiger charge is -2.19. The van der Waals surface area contributed by atoms with Crippen molar-refractivity contribution < 1.29 is 37.6 Å². The molecule has 320 valence electrons. The molecule has 1 N–H and O–H groups in total. The van der Waals surface area contributed by atoms with Crippen LogP contribution in [0.25, 0.3) is 0 Å². The number of hydrogen-bond donors (Lipinski definition) is 1. The first-order chi connectivity index (χ1) is 26.8. The van der Waals surface area contributed by atoms with Gasteiger partial charge >= 0.3 is 19.8 Å². The number of rotatable bonds is 41. The maximum absolute atomic E-state index is 12.5. The Labute approximate surface area is 338 Å². The third-order valence-electron chi connectivity index (χ3n) is 9.59. The van der Waals surface area contributed by atoms with Crippen molar-refractivity contribution in [2.45, 2.75) is 213 Å². The average Bonchev–Trinajstić information content (AvgIpc) is 3.18. The summed E-state index contributed by atoms with van der Waals surface area (Å²) >= 11 is 0. The Bertz CT molecular complexity index is 1040. The number of phosphoric ester groups is 1. The highest BCUT2D eigenvalue weighted by Crippen LogP contribution is 2.42. The molecule has 0 rings (SSSR count). The second kappa shape index (κ2) is 41.6. The highest BCUT2D eigenvalue weighted by atomic mass is 31.2. The van der Waals surface area contributed by atoms with Gasteiger partial charge in [-0.15, -0.1) is 0 Å². The lowest BCUT2D eigenvalue weighted by Crippen LogP contribution is -2.29. The maximum Gasteiger partial charge on any atom is 0.472 e. The predicted octanol–water partition coefficient (Wildman–Crippen LogP) is 14.2. The molecule has 0 aliphatic heterocycles. The van der Waals surface area contributed by atoms with E-state index in [1.54, 1.807) is 0 Å². The second-order valence-electron chi connectivity index (χ2n) is 14.8. The Morgan fingerprint density at radius 1 is 0.527 bits per heavy atom. The molecule has 0 amide bonds. The molecule has 0 aromatic heterocycles. The van der Waals surface area contributed by atoms with E-state index in [1.807, 2.05) is 0 Å². The minimum atomic E-state index is -4.27. The van der Waals surface area contributed by atoms with Crippen molar-refractivity contribution >= 4 is 19.8 Å². The molecule has 2 unspecified atom stereocenters. The van der Waals surface area contributed by atoms with Gasteiger partial charge in [-0.2, -0.15) is 0 Å². The van der Waals surface area contributed by atoms with Crippen LogP contribution < -0.4 is 0 Å². The van der Waals surface area contributed by atoms with Crippen LogP contribution in [-0.4, -0.2) is 43.3 Å². The highest BCUT2D eigenvalue weighted by Gasteiger charge is 2.24. The SMILES string of the molecule is CC/C=C\C/C=C\C/C=C\C/C=C\CCCCCCCCC(=O)OC(COC(=O)CCCCCCCCCCCCCCCCCCC)COP(=O)(O)OC. The van der Waals surface area contributed by atoms with Crippen molar-refractivity contribution in [3.05, 3.63) is 48.6 Å². The number of hydrogen-bond acceptors (Lipinski definition) is 7. The molecule has 0 bridgehead atoms. The van der Waals surface area contributed by atoms with Crippen molar-refractivity contribution in [2.75, 3.05) is 20.3 Å². The molecule has 0 heterocycles. The van der Waals surface area contributed by atoms with E-state index >= 15 is 0 Å². The van der Waals surface area contributed by atoms with Gasteiger partial charge in [0.2, 0.25) is 0 Å². The molecule has 0 radical (unpaired) electrons. The number of phosphoric acid groups is 1. The number of unbranched alkanes of at least 4 members (excludes halogenated alkanes) is 22. The summed E-state index contributed by atoms with van der Waals surface area (Å²) in [5, 5.41) is 0. The summed E-state index contributed by atoms with van der Waals surface area (Å²) in [5.41, 5.74) is 0. The second-order valence-corrected chi connectivity index (χ2v) is 16.4. The summed E-state index contributed by atoms with van der Waals surface area (Å²) in [6, 6.07) is 0. The Balaban J connectivity index is 3.99. The standard InChI is InChI=1S/C46H83O8P/c1-4-6-8-10-12-14-16-18-20-22-23-25-27-29-31-33-35-37-39-41-46(48)54-44(43-53-55(49,50)51-3)42-52-45(47)40-38-36-34-32-30-28-26-24-21-19-17-15-13-11-9-7-5-2/h6,8,12,14,18,20,23,25,44H,4-5,7,9-11,13,15-17,19,21-22,24,26-43H2,1-3H3,(H,49,50)/b8-6-,14-12-,20-18-,25-23-. The lowest BCUT2D eigenvalue weighted by atomic mass is 10.0. The average molecular weight is 795 g/mol. The van der Waals surface area contributed by atoms with Gasteiger partial charge in [-0.25, -0.2) is 4.57 Å². The van der Waals surface area contributed by atoms with Crippen molar-refractivity contribution in [1.82, 2.24) is 0 Å². The van der Waals surface area contributed by atoms with Gasteiger partial charge in [-0.05, 0) is 51.4 Å². The predicted molar refractivity (Wildman–Crippen MR) is 230 cm³/mol. The molecule has 2 atom stereocenters. The van der Waals surface area contributed by atoms with E-state index in [9.17, 15) is 19.0 Å². The molecule has 0 fully saturated rings. The zero-order valence-corrected chi connectivity index (χ0v) is 36.5. The molecule has 0 aliphatic carbocycles. The van der Waals surface area contributed by atoms with E-state index in [0.29, 0.717) is 12.8 Å². The number of allylic oxidation sites excluding steroid dienone is 8. The van der Waals surface area contributed by atoms with Crippen LogP contribution in [0.15, 0.2) is 48.6 Å². The zero-order chi connectivity index (χ0) is 40.3. The van der Waals surface area contributed by atoms with Crippen LogP contribution in [0.1, 0.15) is 206 Å². The van der Waals surface area contributed by atoms with Crippen molar-refractivity contribution in [3.63, 3.8) is 0 Å². The Morgan fingerprint density at radius 3 is 1.38 bits per heavy atom. The monoisotopic (exact) mass is 795 g/mol. The van der Waals surface area contributed by atoms with Crippen molar-refractivity contribution in [3.8, 4) is 0 Å². The topological polar surface area (TPSA) is 108 Å². The molecule has 9 heteroatoms. The molecule has 0 saturated carbocycles. The van der Waals surface area contributed by atoms with Crippen LogP contribution in [-0.2, 0) is 32.7 Å². The fourth-order valence-electron chi connectivity index (χ4n) is 6.18. The Hall–Kier alpha value is -1.99. The molecule has 0 saturated heterocycles. The molecule has 0 aliphatic rings. The number of esters is 2. The number of ether oxygens (including phenoxy) is 2. The lowest BCUT2D eigenvalue weighted by molar-refractivity contribution is -0.161. The summed E-state index contributed by atoms with van der Waals surface area (Å²) < 4.78 is 32.0. The molecular formula is C46H83O8P. The van der Waals surface area contributed by atoms with Gasteiger partial charge in [0.25, 0.3) is 0 Å². The van der Waals surface area contributed by atoms with Gasteiger partial charge in [0.15, 0.2) is 6.10 Å². The first-order valence-corrected chi connectivity index (χ1v) is 23.8. The third-order valence-corrected chi connectivity index (χ3v) is 10.5. The first-order valence-electron chi connectivity index (χ1n) is 22.3. The highest BCUT2D eigenvalue weighted by molar-refractivity contribution is 7.47. The molecule has 0 aromatic rings. The molecule has 55 heavy (non-hydrogen) atoms. The van der Waals surface area contributed by atoms with Gasteiger partial charge in [-0.3, -0.25) is 18.6 Å². The number of carbonyl (C=O) groups excluding carboxylic acids is 2. The van der Waals surface area contributed by atoms with E-state index in [2.05, 4.69) is 67.0 Å². The fraction of sp³-hybridized carbons (Fsp3) is 0.783. The van der Waals surface area contributed by atoms with E-state index in [-0.39, 0.29) is 19.0 Å². The molecule has 0 aromatic carbocycles. The van der Waals surface area contributed by atoms with Crippen LogP contribution >= 0.6 is 7.82 Å². The molecular weight excluding hydrogens is 711 g/mol. The largest absolute Gasteiger partial charge is 0.472 e. The normalized spacial score (nSPS) is 13.7. The third kappa shape index (κ3) is 41.5. The smallest absolute Gasteiger partial charge is 0.462 e. The van der Waals surface area contributed by atoms with Crippen LogP contribution in [0, 0.1) is 0 Å². The van der Waals surface area contributed by atoms with Crippen LogP contribution in [0.5, 0.6) is 0 Å². The molecule has 8 nitrogen and oxygen atoms in total. The van der Waals surface area contributed by atoms with Gasteiger partial charge < -0.3 is 14.4 Å². The van der Waals surface area contributed by atoms with Crippen LogP contribution in [0.4, 0.5) is 0 Å². The molecule has 0 spiro atoms. The Kier molecular flexibility index (Phi) is 40.1. The van der Waals surface area contributed by atoms with E-state index < -0.39 is 26.5 Å². The van der Waals surface area contributed by atoms with Crippen molar-refractivity contribution in [2.24, 2.45) is 0 Å². The summed E-state index contributed by atoms with van der Waals surface area (Å²) in [7, 11) is -3.21. The van der Waals surface area contributed by atoms with E-state index in [1.165, 1.54) is 89.9 Å². The summed E-state index contributed by atoms with van der Waals surface area (Å²) in [6.07, 6.45) is 50.2. The number of carbonyl (C=O) groups is 2. The van der Waals surface area contributed by atoms with Crippen molar-refractivity contribution in [1.29, 1.82) is 0 Å². The summed E-state index contributed by atoms with van der Waals surface area (Å²) in [5.74, 6) is -0.815. The summed E-state index contributed by atoms with van der Waals surface area (Å²) in [6.45, 7) is 3.78. The van der Waals surface area contributed by atoms with Gasteiger partial charge in [0.1, 0.15) is 6.61 Å². The van der Waals surface area contributed by atoms with E-state index in [0.717, 1.165) is 90.6 Å². The maximum atomic E-state index is 12.5. The van der Waals surface area contributed by atoms with Gasteiger partial charge in [0.05, 0.1) is 6.61 Å². The van der Waals surface area contributed by atoms with Gasteiger partial charge in [-0.1, -0.05) is 191 Å². The van der Waals surface area contributed by atoms with Crippen LogP contribution in [0.3, 0.4) is 0 Å². The minimum absolute atomic E-state index is 0.229.